The van der Waals surface area contributed by atoms with Gasteiger partial charge < -0.3 is 15.0 Å². The van der Waals surface area contributed by atoms with Crippen LogP contribution in [0.2, 0.25) is 0 Å². The number of carbonyl (C=O) groups excluding carboxylic acids is 2. The number of methoxy groups -OCH3 is 1. The molecule has 1 heterocycles. The van der Waals surface area contributed by atoms with E-state index in [1.807, 2.05) is 6.07 Å². The molecule has 0 radical (unpaired) electrons. The first kappa shape index (κ1) is 16.8. The Morgan fingerprint density at radius 3 is 2.88 bits per heavy atom. The van der Waals surface area contributed by atoms with Crippen LogP contribution in [0.1, 0.15) is 49.7 Å². The highest BCUT2D eigenvalue weighted by Crippen LogP contribution is 2.33. The summed E-state index contributed by atoms with van der Waals surface area (Å²) in [4.78, 5) is 25.8. The van der Waals surface area contributed by atoms with Gasteiger partial charge in [-0.1, -0.05) is 6.07 Å². The number of amides is 2. The van der Waals surface area contributed by atoms with Crippen molar-refractivity contribution in [1.82, 2.24) is 10.2 Å². The van der Waals surface area contributed by atoms with Gasteiger partial charge in [0.2, 0.25) is 11.8 Å². The molecule has 5 nitrogen and oxygen atoms in total. The second kappa shape index (κ2) is 7.24. The van der Waals surface area contributed by atoms with Gasteiger partial charge in [-0.3, -0.25) is 9.59 Å². The maximum absolute atomic E-state index is 12.5. The van der Waals surface area contributed by atoms with Gasteiger partial charge in [0, 0.05) is 25.9 Å². The van der Waals surface area contributed by atoms with E-state index in [9.17, 15) is 9.59 Å². The molecule has 2 amide bonds. The van der Waals surface area contributed by atoms with Gasteiger partial charge in [-0.05, 0) is 55.4 Å². The summed E-state index contributed by atoms with van der Waals surface area (Å²) in [6.07, 6.45) is 4.95. The Hall–Kier alpha value is -2.04. The molecular weight excluding hydrogens is 304 g/mol. The molecule has 0 unspecified atom stereocenters. The molecule has 0 spiro atoms. The zero-order valence-corrected chi connectivity index (χ0v) is 14.5. The number of nitrogens with zero attached hydrogens (tertiary/aromatic N) is 1. The van der Waals surface area contributed by atoms with E-state index in [-0.39, 0.29) is 17.9 Å². The van der Waals surface area contributed by atoms with Gasteiger partial charge in [-0.2, -0.15) is 0 Å². The Morgan fingerprint density at radius 1 is 1.29 bits per heavy atom. The summed E-state index contributed by atoms with van der Waals surface area (Å²) in [5, 5.41) is 3.08. The Balaban J connectivity index is 1.63. The lowest BCUT2D eigenvalue weighted by atomic mass is 9.82. The Labute approximate surface area is 143 Å². The molecule has 1 fully saturated rings. The van der Waals surface area contributed by atoms with Crippen LogP contribution in [0.3, 0.4) is 0 Å². The molecule has 1 aliphatic carbocycles. The van der Waals surface area contributed by atoms with Crippen LogP contribution >= 0.6 is 0 Å². The van der Waals surface area contributed by atoms with Crippen LogP contribution < -0.4 is 10.1 Å². The van der Waals surface area contributed by atoms with Crippen LogP contribution in [0.4, 0.5) is 0 Å². The molecule has 1 saturated heterocycles. The van der Waals surface area contributed by atoms with Crippen molar-refractivity contribution in [2.75, 3.05) is 20.2 Å². The average Bonchev–Trinajstić information content (AvgIpc) is 3.09. The van der Waals surface area contributed by atoms with Crippen LogP contribution in [0.5, 0.6) is 5.75 Å². The Morgan fingerprint density at radius 2 is 2.12 bits per heavy atom. The number of nitrogens with one attached hydrogen (secondary N) is 1. The van der Waals surface area contributed by atoms with Crippen molar-refractivity contribution in [2.24, 2.45) is 0 Å². The number of hydrogen-bond donors (Lipinski definition) is 1. The van der Waals surface area contributed by atoms with Gasteiger partial charge in [-0.25, -0.2) is 0 Å². The number of benzene rings is 1. The van der Waals surface area contributed by atoms with E-state index in [1.54, 1.807) is 12.0 Å². The normalized spacial score (nSPS) is 22.8. The molecule has 1 aromatic rings. The van der Waals surface area contributed by atoms with E-state index in [0.717, 1.165) is 37.9 Å². The summed E-state index contributed by atoms with van der Waals surface area (Å²) >= 11 is 0. The van der Waals surface area contributed by atoms with Gasteiger partial charge >= 0.3 is 0 Å². The lowest BCUT2D eigenvalue weighted by molar-refractivity contribution is -0.136. The summed E-state index contributed by atoms with van der Waals surface area (Å²) in [5.74, 6) is 1.21. The number of hydrogen-bond acceptors (Lipinski definition) is 3. The predicted octanol–water partition coefficient (Wildman–Crippen LogP) is 2.24. The van der Waals surface area contributed by atoms with E-state index in [1.165, 1.54) is 18.1 Å². The summed E-state index contributed by atoms with van der Waals surface area (Å²) in [5.41, 5.74) is 2.64. The molecule has 3 rings (SSSR count). The Kier molecular flexibility index (Phi) is 5.07. The first-order valence-corrected chi connectivity index (χ1v) is 8.82. The molecule has 0 aromatic heterocycles. The van der Waals surface area contributed by atoms with Crippen LogP contribution in [-0.4, -0.2) is 43.0 Å². The Bertz CT molecular complexity index is 629. The zero-order chi connectivity index (χ0) is 17.1. The number of fused-ring (bicyclic) bond motifs is 1. The van der Waals surface area contributed by atoms with E-state index < -0.39 is 0 Å². The van der Waals surface area contributed by atoms with E-state index in [4.69, 9.17) is 4.74 Å². The quantitative estimate of drug-likeness (QED) is 0.921. The van der Waals surface area contributed by atoms with Gasteiger partial charge in [0.05, 0.1) is 7.11 Å². The van der Waals surface area contributed by atoms with Gasteiger partial charge in [0.25, 0.3) is 0 Å². The lowest BCUT2D eigenvalue weighted by Crippen LogP contribution is -2.46. The third-order valence-electron chi connectivity index (χ3n) is 5.27. The van der Waals surface area contributed by atoms with Crippen molar-refractivity contribution in [3.63, 3.8) is 0 Å². The lowest BCUT2D eigenvalue weighted by Gasteiger charge is -2.28. The number of ether oxygens (including phenoxy) is 1. The highest BCUT2D eigenvalue weighted by atomic mass is 16.5. The second-order valence-electron chi connectivity index (χ2n) is 6.77. The molecule has 0 bridgehead atoms. The van der Waals surface area contributed by atoms with Crippen LogP contribution in [-0.2, 0) is 16.0 Å². The highest BCUT2D eigenvalue weighted by molar-refractivity contribution is 5.87. The third kappa shape index (κ3) is 3.40. The summed E-state index contributed by atoms with van der Waals surface area (Å²) in [6, 6.07) is 5.94. The average molecular weight is 330 g/mol. The molecule has 5 heteroatoms. The first-order valence-electron chi connectivity index (χ1n) is 8.82. The van der Waals surface area contributed by atoms with Crippen molar-refractivity contribution in [2.45, 2.75) is 51.0 Å². The smallest absolute Gasteiger partial charge is 0.242 e. The number of carbonyl (C=O) groups is 2. The molecular formula is C19H26N2O3. The predicted molar refractivity (Wildman–Crippen MR) is 92.1 cm³/mol. The maximum Gasteiger partial charge on any atom is 0.242 e. The second-order valence-corrected chi connectivity index (χ2v) is 6.77. The van der Waals surface area contributed by atoms with Crippen LogP contribution in [0, 0.1) is 0 Å². The minimum Gasteiger partial charge on any atom is -0.497 e. The van der Waals surface area contributed by atoms with Crippen molar-refractivity contribution in [3.05, 3.63) is 29.3 Å². The fourth-order valence-electron chi connectivity index (χ4n) is 3.99. The largest absolute Gasteiger partial charge is 0.497 e. The van der Waals surface area contributed by atoms with Crippen molar-refractivity contribution in [3.8, 4) is 5.75 Å². The summed E-state index contributed by atoms with van der Waals surface area (Å²) < 4.78 is 5.31. The topological polar surface area (TPSA) is 58.6 Å². The summed E-state index contributed by atoms with van der Waals surface area (Å²) in [7, 11) is 1.69. The zero-order valence-electron chi connectivity index (χ0n) is 14.5. The summed E-state index contributed by atoms with van der Waals surface area (Å²) in [6.45, 7) is 2.87. The highest BCUT2D eigenvalue weighted by Gasteiger charge is 2.32. The number of likely N-dealkylation sites (tertiary alicyclic amines) is 1. The van der Waals surface area contributed by atoms with E-state index >= 15 is 0 Å². The fourth-order valence-corrected chi connectivity index (χ4v) is 3.99. The molecule has 0 saturated carbocycles. The van der Waals surface area contributed by atoms with Crippen molar-refractivity contribution >= 4 is 11.8 Å². The molecule has 24 heavy (non-hydrogen) atoms. The standard InChI is InChI=1S/C19H26N2O3/c1-13(22)21-10-4-7-18(21)19(23)20-12-15-6-3-5-14-11-16(24-2)8-9-17(14)15/h8-9,11,15,18H,3-7,10,12H2,1-2H3,(H,20,23)/t15-,18+/m1/s1. The molecule has 2 aliphatic rings. The maximum atomic E-state index is 12.5. The molecule has 130 valence electrons. The van der Waals surface area contributed by atoms with Crippen molar-refractivity contribution in [1.29, 1.82) is 0 Å². The van der Waals surface area contributed by atoms with Gasteiger partial charge in [0.1, 0.15) is 11.8 Å². The SMILES string of the molecule is COc1ccc2c(c1)CCC[C@@H]2CNC(=O)[C@@H]1CCCN1C(C)=O. The first-order chi connectivity index (χ1) is 11.6. The van der Waals surface area contributed by atoms with Crippen LogP contribution in [0.25, 0.3) is 0 Å². The third-order valence-corrected chi connectivity index (χ3v) is 5.27. The monoisotopic (exact) mass is 330 g/mol. The number of rotatable bonds is 4. The molecule has 2 atom stereocenters. The number of aryl methyl sites for hydroxylation is 1. The minimum absolute atomic E-state index is 0.0108. The van der Waals surface area contributed by atoms with E-state index in [2.05, 4.69) is 17.4 Å². The van der Waals surface area contributed by atoms with Gasteiger partial charge in [-0.15, -0.1) is 0 Å². The molecule has 1 aliphatic heterocycles. The molecule has 1 N–H and O–H groups in total. The van der Waals surface area contributed by atoms with Crippen molar-refractivity contribution < 1.29 is 14.3 Å². The van der Waals surface area contributed by atoms with E-state index in [0.29, 0.717) is 19.0 Å². The van der Waals surface area contributed by atoms with Crippen LogP contribution in [0.15, 0.2) is 18.2 Å². The minimum atomic E-state index is -0.290. The fraction of sp³-hybridized carbons (Fsp3) is 0.579. The molecule has 1 aromatic carbocycles. The van der Waals surface area contributed by atoms with Gasteiger partial charge in [0.15, 0.2) is 0 Å².